The minimum absolute atomic E-state index is 0.415. The molecule has 0 spiro atoms. The lowest BCUT2D eigenvalue weighted by atomic mass is 10.00. The van der Waals surface area contributed by atoms with Crippen molar-refractivity contribution in [2.24, 2.45) is 0 Å². The number of aliphatic hydroxyl groups is 1. The van der Waals surface area contributed by atoms with Crippen molar-refractivity contribution in [3.63, 3.8) is 0 Å². The van der Waals surface area contributed by atoms with Crippen molar-refractivity contribution < 1.29 is 5.11 Å². The summed E-state index contributed by atoms with van der Waals surface area (Å²) in [6, 6.07) is 9.95. The van der Waals surface area contributed by atoms with Crippen molar-refractivity contribution >= 4 is 10.9 Å². The molecule has 0 aliphatic rings. The van der Waals surface area contributed by atoms with Crippen LogP contribution in [0.15, 0.2) is 49.2 Å². The molecule has 0 amide bonds. The van der Waals surface area contributed by atoms with E-state index in [1.54, 1.807) is 6.20 Å². The number of nitrogens with zero attached hydrogens (tertiary/aromatic N) is 1. The normalized spacial score (nSPS) is 12.5. The lowest BCUT2D eigenvalue weighted by Gasteiger charge is -2.12. The maximum absolute atomic E-state index is 10.3. The summed E-state index contributed by atoms with van der Waals surface area (Å²) in [6.07, 6.45) is 8.51. The number of benzene rings is 1. The Morgan fingerprint density at radius 3 is 2.84 bits per heavy atom. The highest BCUT2D eigenvalue weighted by Gasteiger charge is 2.11. The number of fused-ring (bicyclic) bond motifs is 1. The molecule has 1 atom stereocenters. The van der Waals surface area contributed by atoms with Crippen LogP contribution >= 0.6 is 0 Å². The van der Waals surface area contributed by atoms with Crippen LogP contribution in [0.2, 0.25) is 0 Å². The first-order valence-electron chi connectivity index (χ1n) is 6.95. The molecule has 2 rings (SSSR count). The molecule has 0 bridgehead atoms. The summed E-state index contributed by atoms with van der Waals surface area (Å²) >= 11 is 0. The topological polar surface area (TPSA) is 33.1 Å². The molecule has 1 aromatic heterocycles. The van der Waals surface area contributed by atoms with E-state index in [1.165, 1.54) is 0 Å². The molecule has 0 saturated heterocycles. The molecular formula is C17H21NO. The second-order valence-corrected chi connectivity index (χ2v) is 4.86. The van der Waals surface area contributed by atoms with Gasteiger partial charge in [0.15, 0.2) is 0 Å². The second-order valence-electron chi connectivity index (χ2n) is 4.86. The molecule has 1 N–H and O–H groups in total. The van der Waals surface area contributed by atoms with Gasteiger partial charge in [-0.15, -0.1) is 6.58 Å². The Bertz CT molecular complexity index is 530. The number of para-hydroxylation sites is 1. The van der Waals surface area contributed by atoms with Crippen molar-refractivity contribution in [1.29, 1.82) is 0 Å². The predicted octanol–water partition coefficient (Wildman–Crippen LogP) is 4.40. The van der Waals surface area contributed by atoms with E-state index in [2.05, 4.69) is 11.6 Å². The third-order valence-electron chi connectivity index (χ3n) is 3.41. The average molecular weight is 255 g/mol. The van der Waals surface area contributed by atoms with E-state index < -0.39 is 6.10 Å². The first kappa shape index (κ1) is 13.8. The number of aliphatic hydroxyl groups excluding tert-OH is 1. The molecule has 2 heteroatoms. The number of unbranched alkanes of at least 4 members (excludes halogenated alkanes) is 3. The summed E-state index contributed by atoms with van der Waals surface area (Å²) in [5.41, 5.74) is 1.87. The number of hydrogen-bond donors (Lipinski definition) is 1. The van der Waals surface area contributed by atoms with Crippen molar-refractivity contribution in [2.45, 2.75) is 38.2 Å². The summed E-state index contributed by atoms with van der Waals surface area (Å²) in [4.78, 5) is 4.39. The van der Waals surface area contributed by atoms with Crippen LogP contribution in [0.25, 0.3) is 10.9 Å². The van der Waals surface area contributed by atoms with Crippen molar-refractivity contribution in [1.82, 2.24) is 4.98 Å². The molecule has 1 unspecified atom stereocenters. The lowest BCUT2D eigenvalue weighted by molar-refractivity contribution is 0.165. The molecule has 100 valence electrons. The summed E-state index contributed by atoms with van der Waals surface area (Å²) in [7, 11) is 0. The molecule has 1 heterocycles. The van der Waals surface area contributed by atoms with Crippen LogP contribution in [0.4, 0.5) is 0 Å². The summed E-state index contributed by atoms with van der Waals surface area (Å²) in [5.74, 6) is 0. The maximum atomic E-state index is 10.3. The molecule has 2 aromatic rings. The molecule has 0 aliphatic heterocycles. The van der Waals surface area contributed by atoms with Crippen LogP contribution in [0.3, 0.4) is 0 Å². The zero-order chi connectivity index (χ0) is 13.5. The molecule has 0 saturated carbocycles. The highest BCUT2D eigenvalue weighted by atomic mass is 16.3. The highest BCUT2D eigenvalue weighted by molar-refractivity contribution is 5.81. The van der Waals surface area contributed by atoms with Crippen LogP contribution in [0.5, 0.6) is 0 Å². The highest BCUT2D eigenvalue weighted by Crippen LogP contribution is 2.26. The number of allylic oxidation sites excluding steroid dienone is 1. The standard InChI is InChI=1S/C17H21NO/c1-2-3-4-5-6-12-16(19)15-11-7-9-14-10-8-13-18-17(14)15/h2,7-11,13,16,19H,1,3-6,12H2. The number of pyridine rings is 1. The van der Waals surface area contributed by atoms with Gasteiger partial charge in [0.1, 0.15) is 0 Å². The first-order chi connectivity index (χ1) is 9.33. The first-order valence-corrected chi connectivity index (χ1v) is 6.95. The zero-order valence-electron chi connectivity index (χ0n) is 11.3. The minimum atomic E-state index is -0.415. The van der Waals surface area contributed by atoms with Gasteiger partial charge < -0.3 is 5.11 Å². The zero-order valence-corrected chi connectivity index (χ0v) is 11.3. The predicted molar refractivity (Wildman–Crippen MR) is 80.0 cm³/mol. The Balaban J connectivity index is 2.01. The molecule has 2 nitrogen and oxygen atoms in total. The van der Waals surface area contributed by atoms with Crippen molar-refractivity contribution in [3.05, 3.63) is 54.7 Å². The van der Waals surface area contributed by atoms with Gasteiger partial charge in [0.25, 0.3) is 0 Å². The fourth-order valence-electron chi connectivity index (χ4n) is 2.36. The Hall–Kier alpha value is -1.67. The van der Waals surface area contributed by atoms with Gasteiger partial charge in [-0.1, -0.05) is 43.2 Å². The van der Waals surface area contributed by atoms with Crippen LogP contribution in [-0.2, 0) is 0 Å². The maximum Gasteiger partial charge on any atom is 0.0811 e. The Kier molecular flexibility index (Phi) is 5.10. The quantitative estimate of drug-likeness (QED) is 0.587. The Morgan fingerprint density at radius 2 is 2.00 bits per heavy atom. The van der Waals surface area contributed by atoms with Gasteiger partial charge in [-0.25, -0.2) is 0 Å². The fourth-order valence-corrected chi connectivity index (χ4v) is 2.36. The third kappa shape index (κ3) is 3.65. The van der Waals surface area contributed by atoms with Gasteiger partial charge in [0, 0.05) is 17.1 Å². The Labute approximate surface area is 114 Å². The molecule has 0 radical (unpaired) electrons. The number of rotatable bonds is 7. The third-order valence-corrected chi connectivity index (χ3v) is 3.41. The van der Waals surface area contributed by atoms with Gasteiger partial charge in [0.2, 0.25) is 0 Å². The van der Waals surface area contributed by atoms with Gasteiger partial charge in [-0.3, -0.25) is 4.98 Å². The van der Waals surface area contributed by atoms with E-state index in [1.807, 2.05) is 36.4 Å². The molecule has 0 aliphatic carbocycles. The van der Waals surface area contributed by atoms with Crippen molar-refractivity contribution in [3.8, 4) is 0 Å². The number of hydrogen-bond acceptors (Lipinski definition) is 2. The fraction of sp³-hybridized carbons (Fsp3) is 0.353. The van der Waals surface area contributed by atoms with E-state index >= 15 is 0 Å². The molecule has 0 fully saturated rings. The van der Waals surface area contributed by atoms with E-state index in [-0.39, 0.29) is 0 Å². The monoisotopic (exact) mass is 255 g/mol. The van der Waals surface area contributed by atoms with E-state index in [0.717, 1.165) is 48.6 Å². The van der Waals surface area contributed by atoms with Crippen LogP contribution < -0.4 is 0 Å². The van der Waals surface area contributed by atoms with Gasteiger partial charge in [-0.2, -0.15) is 0 Å². The Morgan fingerprint density at radius 1 is 1.16 bits per heavy atom. The van der Waals surface area contributed by atoms with Crippen molar-refractivity contribution in [2.75, 3.05) is 0 Å². The second kappa shape index (κ2) is 7.05. The molecule has 1 aromatic carbocycles. The van der Waals surface area contributed by atoms with E-state index in [0.29, 0.717) is 0 Å². The lowest BCUT2D eigenvalue weighted by Crippen LogP contribution is -1.99. The minimum Gasteiger partial charge on any atom is -0.388 e. The van der Waals surface area contributed by atoms with Crippen LogP contribution in [0, 0.1) is 0 Å². The smallest absolute Gasteiger partial charge is 0.0811 e. The number of aromatic nitrogens is 1. The summed E-state index contributed by atoms with van der Waals surface area (Å²) in [6.45, 7) is 3.72. The van der Waals surface area contributed by atoms with Gasteiger partial charge >= 0.3 is 0 Å². The molecular weight excluding hydrogens is 234 g/mol. The molecule has 19 heavy (non-hydrogen) atoms. The van der Waals surface area contributed by atoms with Gasteiger partial charge in [0.05, 0.1) is 11.6 Å². The van der Waals surface area contributed by atoms with Crippen LogP contribution in [-0.4, -0.2) is 10.1 Å². The van der Waals surface area contributed by atoms with Gasteiger partial charge in [-0.05, 0) is 25.3 Å². The average Bonchev–Trinajstić information content (AvgIpc) is 2.46. The van der Waals surface area contributed by atoms with Crippen LogP contribution in [0.1, 0.15) is 43.8 Å². The van der Waals surface area contributed by atoms with E-state index in [4.69, 9.17) is 0 Å². The SMILES string of the molecule is C=CCCCCCC(O)c1cccc2cccnc12. The summed E-state index contributed by atoms with van der Waals surface area (Å²) < 4.78 is 0. The summed E-state index contributed by atoms with van der Waals surface area (Å²) in [5, 5.41) is 11.4. The van der Waals surface area contributed by atoms with E-state index in [9.17, 15) is 5.11 Å². The largest absolute Gasteiger partial charge is 0.388 e.